The lowest BCUT2D eigenvalue weighted by molar-refractivity contribution is -0.120. The summed E-state index contributed by atoms with van der Waals surface area (Å²) in [5.74, 6) is -0.0156. The van der Waals surface area contributed by atoms with Gasteiger partial charge >= 0.3 is 0 Å². The molecule has 6 nitrogen and oxygen atoms in total. The van der Waals surface area contributed by atoms with Gasteiger partial charge in [-0.25, -0.2) is 8.42 Å². The maximum Gasteiger partial charge on any atom is 0.227 e. The van der Waals surface area contributed by atoms with Crippen LogP contribution in [0.1, 0.15) is 26.7 Å². The molecule has 0 spiro atoms. The van der Waals surface area contributed by atoms with Crippen molar-refractivity contribution in [2.75, 3.05) is 11.6 Å². The molecule has 0 atom stereocenters. The number of nitrogens with one attached hydrogen (secondary N) is 1. The molecule has 1 amide bonds. The zero-order chi connectivity index (χ0) is 17.7. The number of amides is 1. The Bertz CT molecular complexity index is 813. The first-order valence-corrected chi connectivity index (χ1v) is 9.69. The Morgan fingerprint density at radius 2 is 1.83 bits per heavy atom. The lowest BCUT2D eigenvalue weighted by atomic mass is 10.0. The van der Waals surface area contributed by atoms with E-state index < -0.39 is 9.84 Å². The van der Waals surface area contributed by atoms with Crippen molar-refractivity contribution in [2.45, 2.75) is 31.7 Å². The lowest BCUT2D eigenvalue weighted by Gasteiger charge is -2.13. The van der Waals surface area contributed by atoms with E-state index >= 15 is 0 Å². The van der Waals surface area contributed by atoms with Gasteiger partial charge in [0.25, 0.3) is 0 Å². The SMILES string of the molecule is CCC(CC)C(=O)Nc1cccc(-c2ccc(S(C)(=O)=O)nn2)c1. The van der Waals surface area contributed by atoms with Gasteiger partial charge in [0, 0.05) is 23.4 Å². The number of hydrogen-bond acceptors (Lipinski definition) is 5. The zero-order valence-electron chi connectivity index (χ0n) is 14.0. The number of anilines is 1. The number of rotatable bonds is 6. The van der Waals surface area contributed by atoms with Crippen LogP contribution in [0.3, 0.4) is 0 Å². The third-order valence-electron chi connectivity index (χ3n) is 3.80. The molecule has 0 aliphatic carbocycles. The number of carbonyl (C=O) groups excluding carboxylic acids is 1. The Hall–Kier alpha value is -2.28. The monoisotopic (exact) mass is 347 g/mol. The highest BCUT2D eigenvalue weighted by atomic mass is 32.2. The van der Waals surface area contributed by atoms with E-state index in [1.165, 1.54) is 6.07 Å². The normalized spacial score (nSPS) is 11.5. The molecule has 1 aromatic heterocycles. The molecule has 0 unspecified atom stereocenters. The molecule has 0 bridgehead atoms. The summed E-state index contributed by atoms with van der Waals surface area (Å²) in [6.07, 6.45) is 2.67. The molecule has 24 heavy (non-hydrogen) atoms. The van der Waals surface area contributed by atoms with Gasteiger partial charge in [0.1, 0.15) is 0 Å². The fourth-order valence-corrected chi connectivity index (χ4v) is 2.84. The third-order valence-corrected chi connectivity index (χ3v) is 4.78. The van der Waals surface area contributed by atoms with Gasteiger partial charge < -0.3 is 5.32 Å². The lowest BCUT2D eigenvalue weighted by Crippen LogP contribution is -2.21. The van der Waals surface area contributed by atoms with Crippen molar-refractivity contribution in [2.24, 2.45) is 5.92 Å². The maximum absolute atomic E-state index is 12.2. The van der Waals surface area contributed by atoms with Crippen molar-refractivity contribution < 1.29 is 13.2 Å². The van der Waals surface area contributed by atoms with Crippen LogP contribution in [0, 0.1) is 5.92 Å². The number of sulfone groups is 1. The van der Waals surface area contributed by atoms with Gasteiger partial charge in [0.2, 0.25) is 5.91 Å². The summed E-state index contributed by atoms with van der Waals surface area (Å²) in [6, 6.07) is 10.3. The molecule has 0 radical (unpaired) electrons. The van der Waals surface area contributed by atoms with Gasteiger partial charge in [-0.05, 0) is 37.1 Å². The molecule has 0 saturated heterocycles. The van der Waals surface area contributed by atoms with Crippen molar-refractivity contribution in [1.82, 2.24) is 10.2 Å². The number of benzene rings is 1. The first kappa shape index (κ1) is 18.1. The Balaban J connectivity index is 2.23. The van der Waals surface area contributed by atoms with Crippen molar-refractivity contribution in [1.29, 1.82) is 0 Å². The molecule has 128 valence electrons. The number of aromatic nitrogens is 2. The van der Waals surface area contributed by atoms with Crippen LogP contribution in [0.4, 0.5) is 5.69 Å². The van der Waals surface area contributed by atoms with Crippen LogP contribution in [0.2, 0.25) is 0 Å². The standard InChI is InChI=1S/C17H21N3O3S/c1-4-12(5-2)17(21)18-14-8-6-7-13(11-14)15-9-10-16(20-19-15)24(3,22)23/h6-12H,4-5H2,1-3H3,(H,18,21). The van der Waals surface area contributed by atoms with E-state index in [1.807, 2.05) is 32.0 Å². The molecule has 1 N–H and O–H groups in total. The predicted molar refractivity (Wildman–Crippen MR) is 93.3 cm³/mol. The smallest absolute Gasteiger partial charge is 0.227 e. The molecule has 2 rings (SSSR count). The van der Waals surface area contributed by atoms with E-state index in [0.717, 1.165) is 24.7 Å². The molecule has 1 heterocycles. The second-order valence-corrected chi connectivity index (χ2v) is 7.58. The largest absolute Gasteiger partial charge is 0.326 e. The summed E-state index contributed by atoms with van der Waals surface area (Å²) in [5.41, 5.74) is 1.98. The topological polar surface area (TPSA) is 89.0 Å². The predicted octanol–water partition coefficient (Wildman–Crippen LogP) is 2.92. The van der Waals surface area contributed by atoms with Gasteiger partial charge in [-0.2, -0.15) is 0 Å². The summed E-state index contributed by atoms with van der Waals surface area (Å²) >= 11 is 0. The van der Waals surface area contributed by atoms with Crippen molar-refractivity contribution >= 4 is 21.4 Å². The molecule has 0 fully saturated rings. The summed E-state index contributed by atoms with van der Waals surface area (Å²) in [7, 11) is -3.37. The first-order chi connectivity index (χ1) is 11.3. The Morgan fingerprint density at radius 1 is 1.12 bits per heavy atom. The van der Waals surface area contributed by atoms with Crippen LogP contribution in [-0.2, 0) is 14.6 Å². The summed E-state index contributed by atoms with van der Waals surface area (Å²) in [4.78, 5) is 12.2. The molecule has 1 aromatic carbocycles. The Morgan fingerprint density at radius 3 is 2.38 bits per heavy atom. The molecular formula is C17H21N3O3S. The molecule has 7 heteroatoms. The van der Waals surface area contributed by atoms with Crippen molar-refractivity contribution in [3.63, 3.8) is 0 Å². The summed E-state index contributed by atoms with van der Waals surface area (Å²) in [5, 5.41) is 10.5. The average Bonchev–Trinajstić information content (AvgIpc) is 2.55. The van der Waals surface area contributed by atoms with E-state index in [-0.39, 0.29) is 16.9 Å². The highest BCUT2D eigenvalue weighted by Crippen LogP contribution is 2.22. The minimum absolute atomic E-state index is 0.00402. The van der Waals surface area contributed by atoms with E-state index in [2.05, 4.69) is 15.5 Å². The molecule has 2 aromatic rings. The van der Waals surface area contributed by atoms with Crippen molar-refractivity contribution in [3.8, 4) is 11.3 Å². The second kappa shape index (κ2) is 7.53. The average molecular weight is 347 g/mol. The van der Waals surface area contributed by atoms with Crippen LogP contribution < -0.4 is 5.32 Å². The fourth-order valence-electron chi connectivity index (χ4n) is 2.33. The molecular weight excluding hydrogens is 326 g/mol. The van der Waals surface area contributed by atoms with E-state index in [1.54, 1.807) is 12.1 Å². The fraction of sp³-hybridized carbons (Fsp3) is 0.353. The first-order valence-electron chi connectivity index (χ1n) is 7.80. The van der Waals surface area contributed by atoms with Gasteiger partial charge in [-0.3, -0.25) is 4.79 Å². The van der Waals surface area contributed by atoms with Gasteiger partial charge in [-0.1, -0.05) is 26.0 Å². The third kappa shape index (κ3) is 4.38. The Labute approximate surface area is 142 Å². The number of hydrogen-bond donors (Lipinski definition) is 1. The number of carbonyl (C=O) groups is 1. The van der Waals surface area contributed by atoms with Crippen LogP contribution in [-0.4, -0.2) is 30.8 Å². The van der Waals surface area contributed by atoms with Gasteiger partial charge in [0.05, 0.1) is 5.69 Å². The highest BCUT2D eigenvalue weighted by Gasteiger charge is 2.15. The van der Waals surface area contributed by atoms with E-state index in [4.69, 9.17) is 0 Å². The molecule has 0 saturated carbocycles. The molecule has 0 aliphatic rings. The van der Waals surface area contributed by atoms with Crippen LogP contribution in [0.5, 0.6) is 0 Å². The van der Waals surface area contributed by atoms with Crippen LogP contribution >= 0.6 is 0 Å². The quantitative estimate of drug-likeness (QED) is 0.868. The molecule has 0 aliphatic heterocycles. The van der Waals surface area contributed by atoms with E-state index in [0.29, 0.717) is 11.4 Å². The minimum atomic E-state index is -3.37. The number of nitrogens with zero attached hydrogens (tertiary/aromatic N) is 2. The van der Waals surface area contributed by atoms with Gasteiger partial charge in [0.15, 0.2) is 14.9 Å². The van der Waals surface area contributed by atoms with Gasteiger partial charge in [-0.15, -0.1) is 10.2 Å². The zero-order valence-corrected chi connectivity index (χ0v) is 14.8. The van der Waals surface area contributed by atoms with Crippen LogP contribution in [0.15, 0.2) is 41.4 Å². The summed E-state index contributed by atoms with van der Waals surface area (Å²) in [6.45, 7) is 3.98. The van der Waals surface area contributed by atoms with Crippen molar-refractivity contribution in [3.05, 3.63) is 36.4 Å². The maximum atomic E-state index is 12.2. The van der Waals surface area contributed by atoms with E-state index in [9.17, 15) is 13.2 Å². The Kier molecular flexibility index (Phi) is 5.66. The highest BCUT2D eigenvalue weighted by molar-refractivity contribution is 7.90. The van der Waals surface area contributed by atoms with Crippen LogP contribution in [0.25, 0.3) is 11.3 Å². The summed E-state index contributed by atoms with van der Waals surface area (Å²) < 4.78 is 22.9. The minimum Gasteiger partial charge on any atom is -0.326 e. The second-order valence-electron chi connectivity index (χ2n) is 5.61.